The number of rotatable bonds is 11. The molecule has 2 N–H and O–H groups in total. The van der Waals surface area contributed by atoms with Gasteiger partial charge in [0.1, 0.15) is 10.8 Å². The van der Waals surface area contributed by atoms with Gasteiger partial charge >= 0.3 is 17.9 Å². The lowest BCUT2D eigenvalue weighted by Crippen LogP contribution is -2.49. The number of carbonyl (C=O) groups excluding carboxylic acids is 1. The van der Waals surface area contributed by atoms with Gasteiger partial charge in [0.05, 0.1) is 12.2 Å². The Balaban J connectivity index is 2.65. The van der Waals surface area contributed by atoms with E-state index in [2.05, 4.69) is 6.92 Å². The van der Waals surface area contributed by atoms with Gasteiger partial charge in [0.15, 0.2) is 0 Å². The average Bonchev–Trinajstić information content (AvgIpc) is 2.59. The number of carboxylic acids is 2. The molecule has 0 saturated heterocycles. The first-order valence-electron chi connectivity index (χ1n) is 9.25. The molecule has 0 aliphatic heterocycles. The molecule has 1 aliphatic rings. The third-order valence-corrected chi connectivity index (χ3v) is 5.22. The van der Waals surface area contributed by atoms with Crippen LogP contribution in [0.25, 0.3) is 0 Å². The molecule has 0 bridgehead atoms. The van der Waals surface area contributed by atoms with E-state index in [0.717, 1.165) is 25.3 Å². The van der Waals surface area contributed by atoms with Gasteiger partial charge in [-0.1, -0.05) is 63.7 Å². The van der Waals surface area contributed by atoms with Crippen molar-refractivity contribution >= 4 is 17.9 Å². The first-order chi connectivity index (χ1) is 12.2. The minimum absolute atomic E-state index is 0.146. The fraction of sp³-hybridized carbons (Fsp3) is 0.650. The van der Waals surface area contributed by atoms with Gasteiger partial charge in [0.25, 0.3) is 0 Å². The standard InChI is InChI=1S/C20H30O6/c1-4-5-6-7-8-9-10-13-26-18(25)19(2)12-11-15(16(21)22)14-20(19,3)17(23)24/h11-12,14H,4-10,13H2,1-3H3,(H,21,22)(H,23,24). The molecule has 6 heteroatoms. The van der Waals surface area contributed by atoms with Gasteiger partial charge in [-0.2, -0.15) is 0 Å². The number of unbranched alkanes of at least 4 members (excludes halogenated alkanes) is 6. The van der Waals surface area contributed by atoms with E-state index >= 15 is 0 Å². The molecule has 0 fully saturated rings. The zero-order chi connectivity index (χ0) is 19.8. The van der Waals surface area contributed by atoms with E-state index < -0.39 is 28.7 Å². The van der Waals surface area contributed by atoms with Crippen LogP contribution in [0.3, 0.4) is 0 Å². The number of carboxylic acid groups (broad SMARTS) is 2. The summed E-state index contributed by atoms with van der Waals surface area (Å²) in [6, 6.07) is 0. The van der Waals surface area contributed by atoms with Crippen LogP contribution in [-0.4, -0.2) is 34.7 Å². The Kier molecular flexibility index (Phi) is 8.06. The van der Waals surface area contributed by atoms with Gasteiger partial charge in [-0.05, 0) is 20.3 Å². The summed E-state index contributed by atoms with van der Waals surface area (Å²) in [5.41, 5.74) is -3.29. The summed E-state index contributed by atoms with van der Waals surface area (Å²) in [6.45, 7) is 5.22. The number of hydrogen-bond donors (Lipinski definition) is 2. The highest BCUT2D eigenvalue weighted by molar-refractivity contribution is 5.97. The topological polar surface area (TPSA) is 101 Å². The van der Waals surface area contributed by atoms with Crippen molar-refractivity contribution in [3.05, 3.63) is 23.8 Å². The molecule has 26 heavy (non-hydrogen) atoms. The van der Waals surface area contributed by atoms with Crippen LogP contribution < -0.4 is 0 Å². The predicted molar refractivity (Wildman–Crippen MR) is 97.7 cm³/mol. The van der Waals surface area contributed by atoms with Gasteiger partial charge in [-0.3, -0.25) is 9.59 Å². The molecule has 0 saturated carbocycles. The summed E-state index contributed by atoms with van der Waals surface area (Å²) in [4.78, 5) is 35.5. The molecule has 0 aromatic rings. The molecule has 146 valence electrons. The molecule has 1 rings (SSSR count). The number of ether oxygens (including phenoxy) is 1. The molecule has 0 aromatic heterocycles. The van der Waals surface area contributed by atoms with E-state index in [4.69, 9.17) is 9.84 Å². The van der Waals surface area contributed by atoms with Crippen molar-refractivity contribution in [1.82, 2.24) is 0 Å². The van der Waals surface area contributed by atoms with Gasteiger partial charge < -0.3 is 14.9 Å². The Labute approximate surface area is 154 Å². The van der Waals surface area contributed by atoms with E-state index in [0.29, 0.717) is 0 Å². The predicted octanol–water partition coefficient (Wildman–Crippen LogP) is 3.96. The number of hydrogen-bond acceptors (Lipinski definition) is 4. The zero-order valence-electron chi connectivity index (χ0n) is 15.9. The molecule has 2 atom stereocenters. The Morgan fingerprint density at radius 1 is 0.962 bits per heavy atom. The molecule has 2 unspecified atom stereocenters. The van der Waals surface area contributed by atoms with Crippen LogP contribution in [0.15, 0.2) is 23.8 Å². The van der Waals surface area contributed by atoms with Crippen molar-refractivity contribution in [3.8, 4) is 0 Å². The molecule has 1 aliphatic carbocycles. The molecular formula is C20H30O6. The highest BCUT2D eigenvalue weighted by Crippen LogP contribution is 2.46. The third-order valence-electron chi connectivity index (χ3n) is 5.22. The lowest BCUT2D eigenvalue weighted by atomic mass is 9.62. The molecular weight excluding hydrogens is 336 g/mol. The van der Waals surface area contributed by atoms with Gasteiger partial charge in [-0.15, -0.1) is 0 Å². The second-order valence-electron chi connectivity index (χ2n) is 7.21. The second kappa shape index (κ2) is 9.55. The first-order valence-corrected chi connectivity index (χ1v) is 9.25. The largest absolute Gasteiger partial charge is 0.481 e. The minimum Gasteiger partial charge on any atom is -0.481 e. The summed E-state index contributed by atoms with van der Waals surface area (Å²) in [6.07, 6.45) is 11.3. The number of carbonyl (C=O) groups is 3. The Morgan fingerprint density at radius 3 is 2.08 bits per heavy atom. The first kappa shape index (κ1) is 21.9. The Bertz CT molecular complexity index is 591. The van der Waals surface area contributed by atoms with E-state index in [1.54, 1.807) is 0 Å². The van der Waals surface area contributed by atoms with Crippen LogP contribution in [0.5, 0.6) is 0 Å². The third kappa shape index (κ3) is 4.96. The lowest BCUT2D eigenvalue weighted by molar-refractivity contribution is -0.167. The van der Waals surface area contributed by atoms with Gasteiger partial charge in [0.2, 0.25) is 0 Å². The van der Waals surface area contributed by atoms with Crippen molar-refractivity contribution in [3.63, 3.8) is 0 Å². The number of aliphatic carboxylic acids is 2. The quantitative estimate of drug-likeness (QED) is 0.424. The molecule has 0 aromatic carbocycles. The smallest absolute Gasteiger partial charge is 0.335 e. The van der Waals surface area contributed by atoms with Crippen molar-refractivity contribution < 1.29 is 29.3 Å². The maximum Gasteiger partial charge on any atom is 0.335 e. The zero-order valence-corrected chi connectivity index (χ0v) is 15.9. The van der Waals surface area contributed by atoms with Crippen LogP contribution in [0.2, 0.25) is 0 Å². The monoisotopic (exact) mass is 366 g/mol. The molecule has 0 amide bonds. The van der Waals surface area contributed by atoms with E-state index in [1.165, 1.54) is 51.7 Å². The summed E-state index contributed by atoms with van der Waals surface area (Å²) in [5.74, 6) is -3.14. The molecule has 0 radical (unpaired) electrons. The van der Waals surface area contributed by atoms with Crippen molar-refractivity contribution in [2.45, 2.75) is 65.7 Å². The van der Waals surface area contributed by atoms with Crippen LogP contribution >= 0.6 is 0 Å². The second-order valence-corrected chi connectivity index (χ2v) is 7.21. The Morgan fingerprint density at radius 2 is 1.54 bits per heavy atom. The van der Waals surface area contributed by atoms with Crippen molar-refractivity contribution in [2.24, 2.45) is 10.8 Å². The normalized spacial score (nSPS) is 24.8. The average molecular weight is 366 g/mol. The van der Waals surface area contributed by atoms with E-state index in [9.17, 15) is 19.5 Å². The summed E-state index contributed by atoms with van der Waals surface area (Å²) in [5, 5.41) is 18.7. The van der Waals surface area contributed by atoms with Crippen molar-refractivity contribution in [2.75, 3.05) is 6.61 Å². The highest BCUT2D eigenvalue weighted by atomic mass is 16.5. The fourth-order valence-electron chi connectivity index (χ4n) is 3.01. The molecule has 0 heterocycles. The number of esters is 1. The summed E-state index contributed by atoms with van der Waals surface area (Å²) in [7, 11) is 0. The van der Waals surface area contributed by atoms with Crippen LogP contribution in [-0.2, 0) is 19.1 Å². The maximum absolute atomic E-state index is 12.6. The highest BCUT2D eigenvalue weighted by Gasteiger charge is 2.55. The van der Waals surface area contributed by atoms with E-state index in [1.807, 2.05) is 0 Å². The molecule has 6 nitrogen and oxygen atoms in total. The SMILES string of the molecule is CCCCCCCCCOC(=O)C1(C)C=CC(C(=O)O)=CC1(C)C(=O)O. The lowest BCUT2D eigenvalue weighted by Gasteiger charge is -2.39. The van der Waals surface area contributed by atoms with Crippen LogP contribution in [0.4, 0.5) is 0 Å². The maximum atomic E-state index is 12.6. The molecule has 0 spiro atoms. The van der Waals surface area contributed by atoms with Crippen molar-refractivity contribution in [1.29, 1.82) is 0 Å². The van der Waals surface area contributed by atoms with E-state index in [-0.39, 0.29) is 12.2 Å². The van der Waals surface area contributed by atoms with Gasteiger partial charge in [0, 0.05) is 0 Å². The van der Waals surface area contributed by atoms with Crippen LogP contribution in [0, 0.1) is 10.8 Å². The minimum atomic E-state index is -1.69. The fourth-order valence-corrected chi connectivity index (χ4v) is 3.01. The summed E-state index contributed by atoms with van der Waals surface area (Å²) >= 11 is 0. The van der Waals surface area contributed by atoms with Crippen LogP contribution in [0.1, 0.15) is 65.7 Å². The van der Waals surface area contributed by atoms with Gasteiger partial charge in [-0.25, -0.2) is 4.79 Å². The Hall–Kier alpha value is -2.11. The summed E-state index contributed by atoms with van der Waals surface area (Å²) < 4.78 is 5.32.